The average Bonchev–Trinajstić information content (AvgIpc) is 2.63. The summed E-state index contributed by atoms with van der Waals surface area (Å²) in [6, 6.07) is 2.13. The molecule has 0 fully saturated rings. The van der Waals surface area contributed by atoms with Crippen LogP contribution in [0.5, 0.6) is 0 Å². The van der Waals surface area contributed by atoms with Crippen LogP contribution in [0.3, 0.4) is 0 Å². The van der Waals surface area contributed by atoms with Crippen molar-refractivity contribution >= 4 is 17.1 Å². The lowest BCUT2D eigenvalue weighted by atomic mass is 9.83. The average molecular weight is 220 g/mol. The molecule has 1 nitrogen and oxygen atoms in total. The van der Waals surface area contributed by atoms with Gasteiger partial charge < -0.3 is 0 Å². The predicted molar refractivity (Wildman–Crippen MR) is 64.4 cm³/mol. The molecular weight excluding hydrogens is 204 g/mol. The normalized spacial score (nSPS) is 19.7. The number of Topliss-reactive ketones (excluding diaryl/α,β-unsaturated/α-hetero) is 1. The molecule has 2 rings (SSSR count). The van der Waals surface area contributed by atoms with Crippen LogP contribution >= 0.6 is 11.3 Å². The molecule has 1 unspecified atom stereocenters. The van der Waals surface area contributed by atoms with Crippen molar-refractivity contribution in [2.75, 3.05) is 0 Å². The van der Waals surface area contributed by atoms with Gasteiger partial charge in [-0.05, 0) is 43.2 Å². The molecule has 0 bridgehead atoms. The smallest absolute Gasteiger partial charge is 0.144 e. The summed E-state index contributed by atoms with van der Waals surface area (Å²) in [4.78, 5) is 13.4. The Labute approximate surface area is 94.8 Å². The third-order valence-electron chi connectivity index (χ3n) is 2.92. The number of ketones is 1. The Morgan fingerprint density at radius 2 is 2.47 bits per heavy atom. The highest BCUT2D eigenvalue weighted by atomic mass is 32.1. The van der Waals surface area contributed by atoms with Gasteiger partial charge in [0.1, 0.15) is 5.78 Å². The van der Waals surface area contributed by atoms with Gasteiger partial charge in [-0.2, -0.15) is 0 Å². The Morgan fingerprint density at radius 3 is 3.20 bits per heavy atom. The van der Waals surface area contributed by atoms with Crippen LogP contribution < -0.4 is 0 Å². The monoisotopic (exact) mass is 220 g/mol. The van der Waals surface area contributed by atoms with Crippen molar-refractivity contribution in [1.82, 2.24) is 0 Å². The fourth-order valence-electron chi connectivity index (χ4n) is 2.24. The minimum atomic E-state index is 0.150. The first kappa shape index (κ1) is 10.6. The fraction of sp³-hybridized carbons (Fsp3) is 0.462. The van der Waals surface area contributed by atoms with E-state index in [1.54, 1.807) is 11.3 Å². The van der Waals surface area contributed by atoms with E-state index in [4.69, 9.17) is 0 Å². The maximum atomic E-state index is 12.0. The summed E-state index contributed by atoms with van der Waals surface area (Å²) < 4.78 is 0. The predicted octanol–water partition coefficient (Wildman–Crippen LogP) is 3.70. The van der Waals surface area contributed by atoms with E-state index in [0.717, 1.165) is 24.8 Å². The van der Waals surface area contributed by atoms with E-state index in [-0.39, 0.29) is 5.92 Å². The molecule has 1 aliphatic rings. The Hall–Kier alpha value is -0.890. The van der Waals surface area contributed by atoms with Crippen LogP contribution in [-0.2, 0) is 11.2 Å². The van der Waals surface area contributed by atoms with Crippen LogP contribution in [0.25, 0.3) is 0 Å². The summed E-state index contributed by atoms with van der Waals surface area (Å²) in [7, 11) is 0. The van der Waals surface area contributed by atoms with Gasteiger partial charge in [0.2, 0.25) is 0 Å². The lowest BCUT2D eigenvalue weighted by Crippen LogP contribution is -2.17. The fourth-order valence-corrected chi connectivity index (χ4v) is 3.23. The minimum absolute atomic E-state index is 0.150. The Bertz CT molecular complexity index is 389. The molecule has 0 N–H and O–H groups in total. The molecule has 1 aromatic rings. The van der Waals surface area contributed by atoms with E-state index >= 15 is 0 Å². The standard InChI is InChI=1S/C13H16OS/c1-9(2)8-12(14)10-4-3-5-13-11(10)6-7-15-13/h6-7,10H,1,3-5,8H2,2H3. The molecule has 15 heavy (non-hydrogen) atoms. The molecule has 1 aliphatic carbocycles. The van der Waals surface area contributed by atoms with Gasteiger partial charge in [-0.15, -0.1) is 11.3 Å². The van der Waals surface area contributed by atoms with Gasteiger partial charge in [0, 0.05) is 17.2 Å². The highest BCUT2D eigenvalue weighted by molar-refractivity contribution is 7.10. The molecule has 0 aromatic carbocycles. The van der Waals surface area contributed by atoms with E-state index in [1.165, 1.54) is 10.4 Å². The van der Waals surface area contributed by atoms with Crippen molar-refractivity contribution in [3.8, 4) is 0 Å². The SMILES string of the molecule is C=C(C)CC(=O)C1CCCc2sccc21. The first-order valence-electron chi connectivity index (χ1n) is 5.42. The first-order chi connectivity index (χ1) is 7.18. The summed E-state index contributed by atoms with van der Waals surface area (Å²) >= 11 is 1.79. The number of hydrogen-bond donors (Lipinski definition) is 0. The van der Waals surface area contributed by atoms with Crippen molar-refractivity contribution in [2.24, 2.45) is 0 Å². The van der Waals surface area contributed by atoms with E-state index in [1.807, 2.05) is 6.92 Å². The van der Waals surface area contributed by atoms with Gasteiger partial charge in [0.15, 0.2) is 0 Å². The number of rotatable bonds is 3. The highest BCUT2D eigenvalue weighted by Crippen LogP contribution is 2.36. The summed E-state index contributed by atoms with van der Waals surface area (Å²) in [5.74, 6) is 0.499. The van der Waals surface area contributed by atoms with Gasteiger partial charge in [0.25, 0.3) is 0 Å². The molecule has 2 heteroatoms. The zero-order chi connectivity index (χ0) is 10.8. The maximum Gasteiger partial charge on any atom is 0.144 e. The third-order valence-corrected chi connectivity index (χ3v) is 3.91. The van der Waals surface area contributed by atoms with Crippen molar-refractivity contribution in [3.05, 3.63) is 34.0 Å². The number of carbonyl (C=O) groups is 1. The number of allylic oxidation sites excluding steroid dienone is 1. The zero-order valence-electron chi connectivity index (χ0n) is 9.08. The molecule has 0 saturated carbocycles. The minimum Gasteiger partial charge on any atom is -0.299 e. The van der Waals surface area contributed by atoms with Crippen molar-refractivity contribution in [1.29, 1.82) is 0 Å². The number of aryl methyl sites for hydroxylation is 1. The largest absolute Gasteiger partial charge is 0.299 e. The van der Waals surface area contributed by atoms with Gasteiger partial charge in [-0.25, -0.2) is 0 Å². The molecule has 1 heterocycles. The maximum absolute atomic E-state index is 12.0. The van der Waals surface area contributed by atoms with Crippen molar-refractivity contribution < 1.29 is 4.79 Å². The molecule has 0 aliphatic heterocycles. The summed E-state index contributed by atoms with van der Waals surface area (Å²) in [5, 5.41) is 2.11. The van der Waals surface area contributed by atoms with Crippen LogP contribution in [0.1, 0.15) is 42.5 Å². The number of carbonyl (C=O) groups excluding carboxylic acids is 1. The quantitative estimate of drug-likeness (QED) is 0.710. The van der Waals surface area contributed by atoms with E-state index in [2.05, 4.69) is 18.0 Å². The van der Waals surface area contributed by atoms with Crippen molar-refractivity contribution in [2.45, 2.75) is 38.5 Å². The molecular formula is C13H16OS. The summed E-state index contributed by atoms with van der Waals surface area (Å²) in [5.41, 5.74) is 2.26. The molecule has 0 saturated heterocycles. The van der Waals surface area contributed by atoms with Gasteiger partial charge >= 0.3 is 0 Å². The van der Waals surface area contributed by atoms with Crippen LogP contribution in [0.2, 0.25) is 0 Å². The van der Waals surface area contributed by atoms with Gasteiger partial charge in [-0.1, -0.05) is 12.2 Å². The van der Waals surface area contributed by atoms with Crippen LogP contribution in [-0.4, -0.2) is 5.78 Å². The van der Waals surface area contributed by atoms with E-state index < -0.39 is 0 Å². The second-order valence-corrected chi connectivity index (χ2v) is 5.34. The Morgan fingerprint density at radius 1 is 1.67 bits per heavy atom. The topological polar surface area (TPSA) is 17.1 Å². The second-order valence-electron chi connectivity index (χ2n) is 4.34. The van der Waals surface area contributed by atoms with E-state index in [0.29, 0.717) is 12.2 Å². The van der Waals surface area contributed by atoms with Gasteiger partial charge in [-0.3, -0.25) is 4.79 Å². The van der Waals surface area contributed by atoms with E-state index in [9.17, 15) is 4.79 Å². The van der Waals surface area contributed by atoms with Gasteiger partial charge in [0.05, 0.1) is 0 Å². The summed E-state index contributed by atoms with van der Waals surface area (Å²) in [6.07, 6.45) is 3.87. The number of fused-ring (bicyclic) bond motifs is 1. The highest BCUT2D eigenvalue weighted by Gasteiger charge is 2.26. The molecule has 1 atom stereocenters. The van der Waals surface area contributed by atoms with Crippen LogP contribution in [0.4, 0.5) is 0 Å². The lowest BCUT2D eigenvalue weighted by Gasteiger charge is -2.21. The summed E-state index contributed by atoms with van der Waals surface area (Å²) in [6.45, 7) is 5.74. The molecule has 0 radical (unpaired) electrons. The third kappa shape index (κ3) is 2.20. The lowest BCUT2D eigenvalue weighted by molar-refractivity contribution is -0.120. The number of thiophene rings is 1. The first-order valence-corrected chi connectivity index (χ1v) is 6.30. The Kier molecular flexibility index (Phi) is 3.06. The molecule has 0 amide bonds. The zero-order valence-corrected chi connectivity index (χ0v) is 9.90. The molecule has 0 spiro atoms. The van der Waals surface area contributed by atoms with Crippen molar-refractivity contribution in [3.63, 3.8) is 0 Å². The second kappa shape index (κ2) is 4.31. The molecule has 80 valence electrons. The van der Waals surface area contributed by atoms with Crippen LogP contribution in [0.15, 0.2) is 23.6 Å². The van der Waals surface area contributed by atoms with Crippen LogP contribution in [0, 0.1) is 0 Å². The number of hydrogen-bond acceptors (Lipinski definition) is 2. The molecule has 1 aromatic heterocycles. The Balaban J connectivity index is 2.19.